The number of benzene rings is 1. The van der Waals surface area contributed by atoms with E-state index in [2.05, 4.69) is 10.6 Å². The first-order valence-electron chi connectivity index (χ1n) is 6.57. The minimum atomic E-state index is -0.702. The Labute approximate surface area is 116 Å². The average molecular weight is 280 g/mol. The zero-order chi connectivity index (χ0) is 14.4. The van der Waals surface area contributed by atoms with Crippen LogP contribution in [0.3, 0.4) is 0 Å². The zero-order valence-electron chi connectivity index (χ0n) is 11.0. The smallest absolute Gasteiger partial charge is 0.309 e. The first kappa shape index (κ1) is 14.5. The number of hydrogen-bond donors (Lipinski definition) is 2. The molecule has 5 nitrogen and oxygen atoms in total. The molecule has 2 amide bonds. The molecule has 2 N–H and O–H groups in total. The quantitative estimate of drug-likeness (QED) is 0.799. The molecule has 1 fully saturated rings. The van der Waals surface area contributed by atoms with Gasteiger partial charge >= 0.3 is 11.8 Å². The fourth-order valence-electron chi connectivity index (χ4n) is 1.96. The Morgan fingerprint density at radius 2 is 1.90 bits per heavy atom. The maximum Gasteiger partial charge on any atom is 0.309 e. The van der Waals surface area contributed by atoms with Gasteiger partial charge in [0.1, 0.15) is 5.82 Å². The van der Waals surface area contributed by atoms with E-state index in [-0.39, 0.29) is 18.5 Å². The standard InChI is InChI=1S/C14H17FN2O3/c15-11-5-3-10(4-6-11)8-16-13(18)14(19)17-9-12-2-1-7-20-12/h3-6,12H,1-2,7-9H2,(H,16,18)(H,17,19). The highest BCUT2D eigenvalue weighted by Crippen LogP contribution is 2.10. The van der Waals surface area contributed by atoms with Gasteiger partial charge in [-0.25, -0.2) is 4.39 Å². The lowest BCUT2D eigenvalue weighted by Gasteiger charge is -2.10. The van der Waals surface area contributed by atoms with Crippen LogP contribution in [0.25, 0.3) is 0 Å². The summed E-state index contributed by atoms with van der Waals surface area (Å²) >= 11 is 0. The fourth-order valence-corrected chi connectivity index (χ4v) is 1.96. The minimum absolute atomic E-state index is 0.00356. The molecule has 6 heteroatoms. The van der Waals surface area contributed by atoms with Crippen molar-refractivity contribution >= 4 is 11.8 Å². The number of carbonyl (C=O) groups excluding carboxylic acids is 2. The van der Waals surface area contributed by atoms with Crippen LogP contribution in [-0.2, 0) is 20.9 Å². The minimum Gasteiger partial charge on any atom is -0.376 e. The highest BCUT2D eigenvalue weighted by Gasteiger charge is 2.18. The second-order valence-electron chi connectivity index (χ2n) is 4.65. The molecule has 2 rings (SSSR count). The molecule has 1 unspecified atom stereocenters. The molecule has 1 atom stereocenters. The SMILES string of the molecule is O=C(NCc1ccc(F)cc1)C(=O)NCC1CCCO1. The third-order valence-corrected chi connectivity index (χ3v) is 3.09. The van der Waals surface area contributed by atoms with Crippen molar-refractivity contribution in [3.05, 3.63) is 35.6 Å². The van der Waals surface area contributed by atoms with E-state index in [4.69, 9.17) is 4.74 Å². The Kier molecular flexibility index (Phi) is 5.06. The molecule has 1 saturated heterocycles. The van der Waals surface area contributed by atoms with Crippen molar-refractivity contribution in [3.63, 3.8) is 0 Å². The maximum absolute atomic E-state index is 12.7. The zero-order valence-corrected chi connectivity index (χ0v) is 11.0. The normalized spacial score (nSPS) is 17.8. The second-order valence-corrected chi connectivity index (χ2v) is 4.65. The van der Waals surface area contributed by atoms with Gasteiger partial charge < -0.3 is 15.4 Å². The molecule has 108 valence electrons. The highest BCUT2D eigenvalue weighted by atomic mass is 19.1. The highest BCUT2D eigenvalue weighted by molar-refractivity contribution is 6.35. The summed E-state index contributed by atoms with van der Waals surface area (Å²) in [7, 11) is 0. The van der Waals surface area contributed by atoms with E-state index in [1.54, 1.807) is 12.1 Å². The lowest BCUT2D eigenvalue weighted by molar-refractivity contribution is -0.139. The van der Waals surface area contributed by atoms with Gasteiger partial charge in [0, 0.05) is 19.7 Å². The maximum atomic E-state index is 12.7. The van der Waals surface area contributed by atoms with Gasteiger partial charge in [0.2, 0.25) is 0 Å². The second kappa shape index (κ2) is 7.00. The first-order valence-corrected chi connectivity index (χ1v) is 6.57. The van der Waals surface area contributed by atoms with Crippen LogP contribution in [-0.4, -0.2) is 31.1 Å². The Bertz CT molecular complexity index is 470. The van der Waals surface area contributed by atoms with Crippen LogP contribution in [0.4, 0.5) is 4.39 Å². The predicted molar refractivity (Wildman–Crippen MR) is 70.2 cm³/mol. The molecule has 1 aromatic rings. The summed E-state index contributed by atoms with van der Waals surface area (Å²) in [5.41, 5.74) is 0.728. The third-order valence-electron chi connectivity index (χ3n) is 3.09. The first-order chi connectivity index (χ1) is 9.65. The molecule has 0 saturated carbocycles. The van der Waals surface area contributed by atoms with Gasteiger partial charge in [0.25, 0.3) is 0 Å². The van der Waals surface area contributed by atoms with E-state index in [0.29, 0.717) is 13.2 Å². The molecule has 1 aliphatic heterocycles. The van der Waals surface area contributed by atoms with Crippen LogP contribution in [0, 0.1) is 5.82 Å². The molecule has 0 aromatic heterocycles. The van der Waals surface area contributed by atoms with Gasteiger partial charge in [-0.05, 0) is 30.5 Å². The van der Waals surface area contributed by atoms with Gasteiger partial charge in [-0.2, -0.15) is 0 Å². The van der Waals surface area contributed by atoms with Crippen molar-refractivity contribution in [2.24, 2.45) is 0 Å². The molecule has 0 spiro atoms. The van der Waals surface area contributed by atoms with Crippen molar-refractivity contribution in [2.75, 3.05) is 13.2 Å². The topological polar surface area (TPSA) is 67.4 Å². The summed E-state index contributed by atoms with van der Waals surface area (Å²) < 4.78 is 18.0. The van der Waals surface area contributed by atoms with Crippen LogP contribution in [0.5, 0.6) is 0 Å². The van der Waals surface area contributed by atoms with Crippen molar-refractivity contribution < 1.29 is 18.7 Å². The summed E-state index contributed by atoms with van der Waals surface area (Å²) in [5, 5.41) is 5.01. The van der Waals surface area contributed by atoms with E-state index in [0.717, 1.165) is 18.4 Å². The van der Waals surface area contributed by atoms with Gasteiger partial charge in [-0.3, -0.25) is 9.59 Å². The molecule has 1 aromatic carbocycles. The number of rotatable bonds is 4. The lowest BCUT2D eigenvalue weighted by Crippen LogP contribution is -2.42. The monoisotopic (exact) mass is 280 g/mol. The summed E-state index contributed by atoms with van der Waals surface area (Å²) in [6, 6.07) is 5.72. The predicted octanol–water partition coefficient (Wildman–Crippen LogP) is 0.737. The van der Waals surface area contributed by atoms with Gasteiger partial charge in [-0.1, -0.05) is 12.1 Å². The number of carbonyl (C=O) groups is 2. The Morgan fingerprint density at radius 3 is 2.55 bits per heavy atom. The summed E-state index contributed by atoms with van der Waals surface area (Å²) in [4.78, 5) is 23.1. The summed E-state index contributed by atoms with van der Waals surface area (Å²) in [6.07, 6.45) is 1.89. The van der Waals surface area contributed by atoms with E-state index in [1.165, 1.54) is 12.1 Å². The lowest BCUT2D eigenvalue weighted by atomic mass is 10.2. The fraction of sp³-hybridized carbons (Fsp3) is 0.429. The van der Waals surface area contributed by atoms with Crippen molar-refractivity contribution in [1.29, 1.82) is 0 Å². The van der Waals surface area contributed by atoms with Gasteiger partial charge in [0.05, 0.1) is 6.10 Å². The molecule has 20 heavy (non-hydrogen) atoms. The third kappa shape index (κ3) is 4.31. The van der Waals surface area contributed by atoms with Crippen LogP contribution in [0.1, 0.15) is 18.4 Å². The van der Waals surface area contributed by atoms with E-state index in [1.807, 2.05) is 0 Å². The summed E-state index contributed by atoms with van der Waals surface area (Å²) in [6.45, 7) is 1.24. The number of nitrogens with one attached hydrogen (secondary N) is 2. The molecule has 1 heterocycles. The molecular weight excluding hydrogens is 263 g/mol. The van der Waals surface area contributed by atoms with E-state index < -0.39 is 11.8 Å². The molecule has 0 aliphatic carbocycles. The van der Waals surface area contributed by atoms with Crippen molar-refractivity contribution in [1.82, 2.24) is 10.6 Å². The average Bonchev–Trinajstić information content (AvgIpc) is 2.97. The Balaban J connectivity index is 1.70. The molecule has 0 radical (unpaired) electrons. The number of halogens is 1. The van der Waals surface area contributed by atoms with Crippen LogP contribution in [0.2, 0.25) is 0 Å². The van der Waals surface area contributed by atoms with E-state index >= 15 is 0 Å². The van der Waals surface area contributed by atoms with Crippen molar-refractivity contribution in [2.45, 2.75) is 25.5 Å². The van der Waals surface area contributed by atoms with Crippen LogP contribution in [0.15, 0.2) is 24.3 Å². The Morgan fingerprint density at radius 1 is 1.20 bits per heavy atom. The number of amides is 2. The van der Waals surface area contributed by atoms with Gasteiger partial charge in [0.15, 0.2) is 0 Å². The summed E-state index contributed by atoms with van der Waals surface area (Å²) in [5.74, 6) is -1.72. The van der Waals surface area contributed by atoms with Gasteiger partial charge in [-0.15, -0.1) is 0 Å². The van der Waals surface area contributed by atoms with E-state index in [9.17, 15) is 14.0 Å². The molecular formula is C14H17FN2O3. The van der Waals surface area contributed by atoms with Crippen molar-refractivity contribution in [3.8, 4) is 0 Å². The Hall–Kier alpha value is -1.95. The van der Waals surface area contributed by atoms with Crippen LogP contribution >= 0.6 is 0 Å². The molecule has 0 bridgehead atoms. The molecule has 1 aliphatic rings. The largest absolute Gasteiger partial charge is 0.376 e. The number of hydrogen-bond acceptors (Lipinski definition) is 3. The number of ether oxygens (including phenoxy) is 1. The van der Waals surface area contributed by atoms with Crippen LogP contribution < -0.4 is 10.6 Å².